The Bertz CT molecular complexity index is 489. The first-order valence-electron chi connectivity index (χ1n) is 7.06. The molecule has 0 spiro atoms. The summed E-state index contributed by atoms with van der Waals surface area (Å²) in [5.41, 5.74) is 0. The van der Waals surface area contributed by atoms with Crippen LogP contribution in [-0.2, 0) is 14.6 Å². The molecule has 0 aromatic heterocycles. The molecule has 1 aliphatic rings. The minimum atomic E-state index is -3.17. The third-order valence-electron chi connectivity index (χ3n) is 3.57. The summed E-state index contributed by atoms with van der Waals surface area (Å²) < 4.78 is 23.1. The van der Waals surface area contributed by atoms with Gasteiger partial charge in [0.05, 0.1) is 11.5 Å². The fraction of sp³-hybridized carbons (Fsp3) is 0.846. The standard InChI is InChI=1S/C13H24N2O5S/c1-10(2)4-6-14(3)13(18)15(8-12(16)17)11-5-7-21(19,20)9-11/h10-11H,4-9H2,1-3H3,(H,16,17). The quantitative estimate of drug-likeness (QED) is 0.775. The fourth-order valence-electron chi connectivity index (χ4n) is 2.29. The van der Waals surface area contributed by atoms with Crippen molar-refractivity contribution in [3.63, 3.8) is 0 Å². The zero-order valence-corrected chi connectivity index (χ0v) is 13.6. The van der Waals surface area contributed by atoms with E-state index in [9.17, 15) is 18.0 Å². The van der Waals surface area contributed by atoms with Gasteiger partial charge in [-0.3, -0.25) is 4.79 Å². The normalized spacial score (nSPS) is 20.5. The van der Waals surface area contributed by atoms with Crippen molar-refractivity contribution < 1.29 is 23.1 Å². The zero-order valence-electron chi connectivity index (χ0n) is 12.8. The SMILES string of the molecule is CC(C)CCN(C)C(=O)N(CC(=O)O)C1CCS(=O)(=O)C1. The summed E-state index contributed by atoms with van der Waals surface area (Å²) in [5.74, 6) is -0.842. The van der Waals surface area contributed by atoms with Gasteiger partial charge in [0.25, 0.3) is 0 Å². The second kappa shape index (κ2) is 7.11. The maximum absolute atomic E-state index is 12.4. The van der Waals surface area contributed by atoms with Gasteiger partial charge in [-0.15, -0.1) is 0 Å². The molecule has 21 heavy (non-hydrogen) atoms. The molecule has 0 radical (unpaired) electrons. The Kier molecular flexibility index (Phi) is 6.00. The van der Waals surface area contributed by atoms with E-state index in [0.29, 0.717) is 18.9 Å². The number of rotatable bonds is 6. The summed E-state index contributed by atoms with van der Waals surface area (Å²) in [4.78, 5) is 26.0. The van der Waals surface area contributed by atoms with E-state index in [1.54, 1.807) is 7.05 Å². The largest absolute Gasteiger partial charge is 0.480 e. The number of hydrogen-bond donors (Lipinski definition) is 1. The Morgan fingerprint density at radius 2 is 1.95 bits per heavy atom. The monoisotopic (exact) mass is 320 g/mol. The van der Waals surface area contributed by atoms with Gasteiger partial charge < -0.3 is 14.9 Å². The van der Waals surface area contributed by atoms with Gasteiger partial charge in [0.15, 0.2) is 9.84 Å². The third-order valence-corrected chi connectivity index (χ3v) is 5.32. The molecule has 0 saturated carbocycles. The lowest BCUT2D eigenvalue weighted by atomic mass is 10.1. The van der Waals surface area contributed by atoms with E-state index in [4.69, 9.17) is 5.11 Å². The molecule has 0 aromatic rings. The van der Waals surface area contributed by atoms with Crippen LogP contribution >= 0.6 is 0 Å². The van der Waals surface area contributed by atoms with Gasteiger partial charge >= 0.3 is 12.0 Å². The summed E-state index contributed by atoms with van der Waals surface area (Å²) in [7, 11) is -1.55. The molecule has 1 fully saturated rings. The maximum atomic E-state index is 12.4. The Hall–Kier alpha value is -1.31. The molecule has 8 heteroatoms. The molecule has 1 N–H and O–H groups in total. The molecule has 0 bridgehead atoms. The number of carboxylic acids is 1. The molecule has 1 rings (SSSR count). The zero-order chi connectivity index (χ0) is 16.2. The second-order valence-electron chi connectivity index (χ2n) is 5.97. The Morgan fingerprint density at radius 3 is 2.38 bits per heavy atom. The van der Waals surface area contributed by atoms with Crippen LogP contribution < -0.4 is 0 Å². The van der Waals surface area contributed by atoms with Crippen LogP contribution in [0.5, 0.6) is 0 Å². The highest BCUT2D eigenvalue weighted by atomic mass is 32.2. The Labute approximate surface area is 125 Å². The average Bonchev–Trinajstić information content (AvgIpc) is 2.72. The van der Waals surface area contributed by atoms with Gasteiger partial charge in [0, 0.05) is 19.6 Å². The smallest absolute Gasteiger partial charge is 0.323 e. The van der Waals surface area contributed by atoms with Gasteiger partial charge in [-0.2, -0.15) is 0 Å². The summed E-state index contributed by atoms with van der Waals surface area (Å²) >= 11 is 0. The van der Waals surface area contributed by atoms with Crippen molar-refractivity contribution >= 4 is 21.8 Å². The molecule has 0 aliphatic carbocycles. The summed E-state index contributed by atoms with van der Waals surface area (Å²) in [5, 5.41) is 8.96. The predicted molar refractivity (Wildman–Crippen MR) is 78.9 cm³/mol. The van der Waals surface area contributed by atoms with Crippen LogP contribution in [0.2, 0.25) is 0 Å². The van der Waals surface area contributed by atoms with Crippen LogP contribution in [0.25, 0.3) is 0 Å². The highest BCUT2D eigenvalue weighted by Crippen LogP contribution is 2.19. The highest BCUT2D eigenvalue weighted by molar-refractivity contribution is 7.91. The number of nitrogens with zero attached hydrogens (tertiary/aromatic N) is 2. The topological polar surface area (TPSA) is 95.0 Å². The third kappa shape index (κ3) is 5.53. The Balaban J connectivity index is 2.77. The number of aliphatic carboxylic acids is 1. The minimum Gasteiger partial charge on any atom is -0.480 e. The molecule has 122 valence electrons. The number of carbonyl (C=O) groups is 2. The molecule has 7 nitrogen and oxygen atoms in total. The number of sulfone groups is 1. The van der Waals surface area contributed by atoms with E-state index < -0.39 is 34.4 Å². The van der Waals surface area contributed by atoms with Gasteiger partial charge in [0.1, 0.15) is 6.54 Å². The molecular formula is C13H24N2O5S. The number of urea groups is 1. The average molecular weight is 320 g/mol. The number of amides is 2. The van der Waals surface area contributed by atoms with Crippen molar-refractivity contribution in [3.05, 3.63) is 0 Å². The molecule has 1 saturated heterocycles. The molecule has 1 unspecified atom stereocenters. The number of carbonyl (C=O) groups excluding carboxylic acids is 1. The molecule has 0 aromatic carbocycles. The van der Waals surface area contributed by atoms with Crippen molar-refractivity contribution in [2.45, 2.75) is 32.7 Å². The maximum Gasteiger partial charge on any atom is 0.323 e. The van der Waals surface area contributed by atoms with Crippen molar-refractivity contribution in [1.82, 2.24) is 9.80 Å². The number of hydrogen-bond acceptors (Lipinski definition) is 4. The van der Waals surface area contributed by atoms with E-state index in [0.717, 1.165) is 6.42 Å². The van der Waals surface area contributed by atoms with E-state index in [2.05, 4.69) is 0 Å². The summed E-state index contributed by atoms with van der Waals surface area (Å²) in [6.07, 6.45) is 1.12. The predicted octanol–water partition coefficient (Wildman–Crippen LogP) is 0.658. The van der Waals surface area contributed by atoms with Crippen LogP contribution in [0.15, 0.2) is 0 Å². The highest BCUT2D eigenvalue weighted by Gasteiger charge is 2.36. The fourth-order valence-corrected chi connectivity index (χ4v) is 4.02. The van der Waals surface area contributed by atoms with Gasteiger partial charge in [-0.25, -0.2) is 13.2 Å². The molecule has 1 aliphatic heterocycles. The van der Waals surface area contributed by atoms with Crippen LogP contribution in [-0.4, -0.2) is 73.0 Å². The van der Waals surface area contributed by atoms with E-state index >= 15 is 0 Å². The van der Waals surface area contributed by atoms with Crippen molar-refractivity contribution in [1.29, 1.82) is 0 Å². The Morgan fingerprint density at radius 1 is 1.33 bits per heavy atom. The van der Waals surface area contributed by atoms with E-state index in [1.807, 2.05) is 13.8 Å². The van der Waals surface area contributed by atoms with Crippen molar-refractivity contribution in [3.8, 4) is 0 Å². The van der Waals surface area contributed by atoms with Crippen LogP contribution in [0.1, 0.15) is 26.7 Å². The lowest BCUT2D eigenvalue weighted by Gasteiger charge is -2.31. The number of carboxylic acid groups (broad SMARTS) is 1. The molecule has 1 heterocycles. The first-order valence-corrected chi connectivity index (χ1v) is 8.88. The lowest BCUT2D eigenvalue weighted by molar-refractivity contribution is -0.138. The van der Waals surface area contributed by atoms with Gasteiger partial charge in [-0.1, -0.05) is 13.8 Å². The summed E-state index contributed by atoms with van der Waals surface area (Å²) in [6.45, 7) is 4.13. The van der Waals surface area contributed by atoms with E-state index in [1.165, 1.54) is 9.80 Å². The van der Waals surface area contributed by atoms with Gasteiger partial charge in [0.2, 0.25) is 0 Å². The van der Waals surface area contributed by atoms with Crippen molar-refractivity contribution in [2.75, 3.05) is 31.6 Å². The molecule has 2 amide bonds. The lowest BCUT2D eigenvalue weighted by Crippen LogP contribution is -2.49. The van der Waals surface area contributed by atoms with Crippen LogP contribution in [0.4, 0.5) is 4.79 Å². The van der Waals surface area contributed by atoms with Gasteiger partial charge in [-0.05, 0) is 18.8 Å². The molecule has 1 atom stereocenters. The first kappa shape index (κ1) is 17.7. The molecular weight excluding hydrogens is 296 g/mol. The van der Waals surface area contributed by atoms with Crippen LogP contribution in [0, 0.1) is 5.92 Å². The minimum absolute atomic E-state index is 0.0107. The second-order valence-corrected chi connectivity index (χ2v) is 8.19. The van der Waals surface area contributed by atoms with Crippen molar-refractivity contribution in [2.24, 2.45) is 5.92 Å². The first-order chi connectivity index (χ1) is 9.62. The van der Waals surface area contributed by atoms with Crippen LogP contribution in [0.3, 0.4) is 0 Å². The van der Waals surface area contributed by atoms with E-state index in [-0.39, 0.29) is 11.5 Å². The summed E-state index contributed by atoms with van der Waals surface area (Å²) in [6, 6.07) is -0.958.